The van der Waals surface area contributed by atoms with Gasteiger partial charge in [0.25, 0.3) is 0 Å². The van der Waals surface area contributed by atoms with Crippen molar-refractivity contribution in [1.29, 1.82) is 0 Å². The third-order valence-electron chi connectivity index (χ3n) is 1.91. The molecule has 0 aromatic heterocycles. The minimum Gasteiger partial charge on any atom is -0.740 e. The lowest BCUT2D eigenvalue weighted by Gasteiger charge is -2.09. The van der Waals surface area contributed by atoms with Gasteiger partial charge in [0.15, 0.2) is 0 Å². The van der Waals surface area contributed by atoms with Crippen LogP contribution < -0.4 is 10.3 Å². The summed E-state index contributed by atoms with van der Waals surface area (Å²) < 4.78 is 25.4. The van der Waals surface area contributed by atoms with Gasteiger partial charge in [-0.3, -0.25) is 0 Å². The van der Waals surface area contributed by atoms with E-state index < -0.39 is 11.4 Å². The van der Waals surface area contributed by atoms with Gasteiger partial charge >= 0.3 is 0 Å². The van der Waals surface area contributed by atoms with Gasteiger partial charge in [-0.15, -0.1) is 0 Å². The van der Waals surface area contributed by atoms with Gasteiger partial charge in [0.2, 0.25) is 0 Å². The number of benzene rings is 2. The summed E-state index contributed by atoms with van der Waals surface area (Å²) in [6.07, 6.45) is 0. The van der Waals surface area contributed by atoms with Crippen LogP contribution in [0.2, 0.25) is 0 Å². The lowest BCUT2D eigenvalue weighted by atomic mass is 10.1. The van der Waals surface area contributed by atoms with Crippen LogP contribution >= 0.6 is 0 Å². The molecule has 15 heavy (non-hydrogen) atoms. The normalized spacial score (nSPS) is 11.8. The minimum absolute atomic E-state index is 0. The summed E-state index contributed by atoms with van der Waals surface area (Å²) in [7, 11) is 0. The summed E-state index contributed by atoms with van der Waals surface area (Å²) >= 11 is -2.52. The van der Waals surface area contributed by atoms with E-state index in [-0.39, 0.29) is 6.15 Å². The van der Waals surface area contributed by atoms with Gasteiger partial charge in [0.05, 0.1) is 0 Å². The molecular formula is C10H10NO3S-. The highest BCUT2D eigenvalue weighted by molar-refractivity contribution is 7.74. The molecule has 2 rings (SSSR count). The molecule has 0 radical (unpaired) electrons. The number of hydrogen-bond acceptors (Lipinski definition) is 4. The SMILES string of the molecule is N.O=S([O-])Oc1cccc2ccccc12. The molecule has 4 nitrogen and oxygen atoms in total. The molecular weight excluding hydrogens is 214 g/mol. The van der Waals surface area contributed by atoms with Crippen LogP contribution in [-0.2, 0) is 11.4 Å². The lowest BCUT2D eigenvalue weighted by molar-refractivity contribution is 0.442. The van der Waals surface area contributed by atoms with Crippen molar-refractivity contribution < 1.29 is 12.9 Å². The van der Waals surface area contributed by atoms with Crippen molar-refractivity contribution in [2.75, 3.05) is 0 Å². The number of fused-ring (bicyclic) bond motifs is 1. The second kappa shape index (κ2) is 4.88. The molecule has 1 atom stereocenters. The third-order valence-corrected chi connectivity index (χ3v) is 2.22. The van der Waals surface area contributed by atoms with Crippen molar-refractivity contribution in [1.82, 2.24) is 6.15 Å². The van der Waals surface area contributed by atoms with E-state index in [1.54, 1.807) is 12.1 Å². The summed E-state index contributed by atoms with van der Waals surface area (Å²) in [5.41, 5.74) is 0. The lowest BCUT2D eigenvalue weighted by Crippen LogP contribution is -1.98. The Hall–Kier alpha value is -1.43. The first-order chi connectivity index (χ1) is 6.77. The molecule has 0 saturated heterocycles. The van der Waals surface area contributed by atoms with E-state index in [1.807, 2.05) is 30.3 Å². The molecule has 3 N–H and O–H groups in total. The maximum Gasteiger partial charge on any atom is 0.147 e. The van der Waals surface area contributed by atoms with Crippen LogP contribution in [0.1, 0.15) is 0 Å². The molecule has 0 saturated carbocycles. The predicted molar refractivity (Wildman–Crippen MR) is 58.5 cm³/mol. The molecule has 0 heterocycles. The fourth-order valence-corrected chi connectivity index (χ4v) is 1.63. The molecule has 0 spiro atoms. The fourth-order valence-electron chi connectivity index (χ4n) is 1.34. The molecule has 2 aromatic carbocycles. The van der Waals surface area contributed by atoms with E-state index in [0.29, 0.717) is 5.75 Å². The number of rotatable bonds is 2. The summed E-state index contributed by atoms with van der Waals surface area (Å²) in [5.74, 6) is 0.358. The van der Waals surface area contributed by atoms with Crippen molar-refractivity contribution in [2.45, 2.75) is 0 Å². The van der Waals surface area contributed by atoms with E-state index >= 15 is 0 Å². The molecule has 5 heteroatoms. The molecule has 80 valence electrons. The van der Waals surface area contributed by atoms with E-state index in [1.165, 1.54) is 0 Å². The monoisotopic (exact) mass is 224 g/mol. The highest BCUT2D eigenvalue weighted by Gasteiger charge is 2.00. The molecule has 0 aliphatic rings. The average Bonchev–Trinajstić information content (AvgIpc) is 2.18. The maximum atomic E-state index is 10.4. The van der Waals surface area contributed by atoms with E-state index in [9.17, 15) is 8.76 Å². The van der Waals surface area contributed by atoms with Crippen LogP contribution in [-0.4, -0.2) is 8.76 Å². The van der Waals surface area contributed by atoms with Crippen molar-refractivity contribution in [3.05, 3.63) is 42.5 Å². The van der Waals surface area contributed by atoms with Crippen LogP contribution in [0.3, 0.4) is 0 Å². The standard InChI is InChI=1S/C10H8O3S.H3N/c11-14(12)13-10-7-3-5-8-4-1-2-6-9(8)10;/h1-7H,(H,11,12);1H3/p-1. The first-order valence-electron chi connectivity index (χ1n) is 4.03. The Bertz CT molecular complexity index is 482. The second-order valence-corrected chi connectivity index (χ2v) is 3.34. The molecule has 0 aliphatic carbocycles. The Kier molecular flexibility index (Phi) is 3.79. The summed E-state index contributed by atoms with van der Waals surface area (Å²) in [6, 6.07) is 12.7. The molecule has 0 aliphatic heterocycles. The summed E-state index contributed by atoms with van der Waals surface area (Å²) in [4.78, 5) is 0. The summed E-state index contributed by atoms with van der Waals surface area (Å²) in [6.45, 7) is 0. The Labute approximate surface area is 89.9 Å². The molecule has 0 fully saturated rings. The highest BCUT2D eigenvalue weighted by Crippen LogP contribution is 2.25. The predicted octanol–water partition coefficient (Wildman–Crippen LogP) is 2.17. The van der Waals surface area contributed by atoms with Gasteiger partial charge in [-0.25, -0.2) is 4.21 Å². The van der Waals surface area contributed by atoms with Crippen LogP contribution in [0.25, 0.3) is 10.8 Å². The quantitative estimate of drug-likeness (QED) is 0.792. The van der Waals surface area contributed by atoms with Gasteiger partial charge in [0, 0.05) is 5.39 Å². The first-order valence-corrected chi connectivity index (χ1v) is 5.03. The Morgan fingerprint density at radius 1 is 1.07 bits per heavy atom. The van der Waals surface area contributed by atoms with E-state index in [2.05, 4.69) is 4.18 Å². The summed E-state index contributed by atoms with van der Waals surface area (Å²) in [5, 5.41) is 1.75. The van der Waals surface area contributed by atoms with Gasteiger partial charge in [-0.2, -0.15) is 0 Å². The third kappa shape index (κ3) is 2.53. The Balaban J connectivity index is 0.00000112. The van der Waals surface area contributed by atoms with E-state index in [0.717, 1.165) is 10.8 Å². The van der Waals surface area contributed by atoms with E-state index in [4.69, 9.17) is 0 Å². The molecule has 0 amide bonds. The fraction of sp³-hybridized carbons (Fsp3) is 0. The zero-order valence-electron chi connectivity index (χ0n) is 7.88. The van der Waals surface area contributed by atoms with Crippen molar-refractivity contribution in [2.24, 2.45) is 0 Å². The average molecular weight is 224 g/mol. The largest absolute Gasteiger partial charge is 0.740 e. The van der Waals surface area contributed by atoms with Crippen LogP contribution in [0.4, 0.5) is 0 Å². The van der Waals surface area contributed by atoms with Gasteiger partial charge in [0.1, 0.15) is 17.1 Å². The zero-order valence-corrected chi connectivity index (χ0v) is 8.70. The van der Waals surface area contributed by atoms with Crippen LogP contribution in [0, 0.1) is 0 Å². The van der Waals surface area contributed by atoms with Crippen LogP contribution in [0.5, 0.6) is 5.75 Å². The van der Waals surface area contributed by atoms with Gasteiger partial charge in [-0.1, -0.05) is 36.4 Å². The van der Waals surface area contributed by atoms with Gasteiger partial charge < -0.3 is 14.9 Å². The zero-order chi connectivity index (χ0) is 9.97. The number of hydrogen-bond donors (Lipinski definition) is 1. The van der Waals surface area contributed by atoms with Crippen molar-refractivity contribution in [3.8, 4) is 5.75 Å². The highest BCUT2D eigenvalue weighted by atomic mass is 32.2. The minimum atomic E-state index is -2.52. The van der Waals surface area contributed by atoms with Crippen molar-refractivity contribution in [3.63, 3.8) is 0 Å². The Morgan fingerprint density at radius 2 is 1.73 bits per heavy atom. The molecule has 0 bridgehead atoms. The van der Waals surface area contributed by atoms with Gasteiger partial charge in [-0.05, 0) is 11.5 Å². The Morgan fingerprint density at radius 3 is 2.47 bits per heavy atom. The molecule has 1 unspecified atom stereocenters. The smallest absolute Gasteiger partial charge is 0.147 e. The maximum absolute atomic E-state index is 10.4. The van der Waals surface area contributed by atoms with Crippen LogP contribution in [0.15, 0.2) is 42.5 Å². The van der Waals surface area contributed by atoms with Crippen molar-refractivity contribution >= 4 is 22.1 Å². The molecule has 2 aromatic rings. The first kappa shape index (κ1) is 11.6. The second-order valence-electron chi connectivity index (χ2n) is 2.76. The topological polar surface area (TPSA) is 84.4 Å².